The fourth-order valence-electron chi connectivity index (χ4n) is 1.80. The number of hydrogen-bond donors (Lipinski definition) is 1. The highest BCUT2D eigenvalue weighted by molar-refractivity contribution is 9.10. The van der Waals surface area contributed by atoms with Gasteiger partial charge in [0, 0.05) is 4.47 Å². The van der Waals surface area contributed by atoms with Crippen molar-refractivity contribution in [2.45, 2.75) is 26.4 Å². The van der Waals surface area contributed by atoms with Crippen LogP contribution in [0.4, 0.5) is 0 Å². The summed E-state index contributed by atoms with van der Waals surface area (Å²) >= 11 is 3.42. The lowest BCUT2D eigenvalue weighted by molar-refractivity contribution is 0.288. The van der Waals surface area contributed by atoms with E-state index in [2.05, 4.69) is 38.3 Å². The van der Waals surface area contributed by atoms with E-state index in [-0.39, 0.29) is 0 Å². The third-order valence-corrected chi connectivity index (χ3v) is 3.27. The Morgan fingerprint density at radius 2 is 2.30 bits per heavy atom. The van der Waals surface area contributed by atoms with Gasteiger partial charge in [-0.05, 0) is 31.2 Å². The zero-order valence-corrected chi connectivity index (χ0v) is 13.1. The predicted molar refractivity (Wildman–Crippen MR) is 81.7 cm³/mol. The molecule has 0 bridgehead atoms. The van der Waals surface area contributed by atoms with Crippen molar-refractivity contribution in [2.75, 3.05) is 13.2 Å². The van der Waals surface area contributed by atoms with E-state index >= 15 is 0 Å². The van der Waals surface area contributed by atoms with E-state index in [4.69, 9.17) is 4.74 Å². The lowest BCUT2D eigenvalue weighted by Gasteiger charge is -2.09. The Morgan fingerprint density at radius 3 is 3.10 bits per heavy atom. The first-order valence-electron chi connectivity index (χ1n) is 6.75. The van der Waals surface area contributed by atoms with Gasteiger partial charge in [0.1, 0.15) is 24.5 Å². The topological polar surface area (TPSA) is 52.0 Å². The third-order valence-electron chi connectivity index (χ3n) is 2.77. The average Bonchev–Trinajstić information content (AvgIpc) is 2.87. The predicted octanol–water partition coefficient (Wildman–Crippen LogP) is 2.62. The molecule has 0 radical (unpaired) electrons. The average molecular weight is 339 g/mol. The number of benzene rings is 1. The Balaban J connectivity index is 1.80. The van der Waals surface area contributed by atoms with Crippen LogP contribution < -0.4 is 10.1 Å². The van der Waals surface area contributed by atoms with Crippen molar-refractivity contribution < 1.29 is 4.74 Å². The quantitative estimate of drug-likeness (QED) is 0.751. The summed E-state index contributed by atoms with van der Waals surface area (Å²) in [5, 5.41) is 7.54. The molecule has 1 aromatic carbocycles. The summed E-state index contributed by atoms with van der Waals surface area (Å²) in [6.07, 6.45) is 2.70. The highest BCUT2D eigenvalue weighted by Crippen LogP contribution is 2.17. The van der Waals surface area contributed by atoms with Crippen molar-refractivity contribution in [2.24, 2.45) is 0 Å². The van der Waals surface area contributed by atoms with Crippen LogP contribution >= 0.6 is 15.9 Å². The Hall–Kier alpha value is -1.40. The van der Waals surface area contributed by atoms with Crippen molar-refractivity contribution in [3.8, 4) is 5.75 Å². The summed E-state index contributed by atoms with van der Waals surface area (Å²) in [4.78, 5) is 4.25. The lowest BCUT2D eigenvalue weighted by atomic mass is 10.3. The summed E-state index contributed by atoms with van der Waals surface area (Å²) in [5.41, 5.74) is 0. The second-order valence-electron chi connectivity index (χ2n) is 4.38. The summed E-state index contributed by atoms with van der Waals surface area (Å²) in [7, 11) is 0. The number of hydrogen-bond acceptors (Lipinski definition) is 4. The molecule has 5 nitrogen and oxygen atoms in total. The molecule has 0 atom stereocenters. The zero-order valence-electron chi connectivity index (χ0n) is 11.6. The van der Waals surface area contributed by atoms with E-state index in [0.717, 1.165) is 35.6 Å². The molecule has 0 aliphatic rings. The van der Waals surface area contributed by atoms with Crippen LogP contribution in [0.15, 0.2) is 35.1 Å². The number of ether oxygens (including phenoxy) is 1. The van der Waals surface area contributed by atoms with E-state index in [1.165, 1.54) is 0 Å². The third kappa shape index (κ3) is 4.61. The molecule has 0 spiro atoms. The molecular formula is C14H19BrN4O. The Kier molecular flexibility index (Phi) is 6.01. The van der Waals surface area contributed by atoms with Gasteiger partial charge in [0.2, 0.25) is 0 Å². The molecule has 1 aromatic heterocycles. The molecule has 2 rings (SSSR count). The van der Waals surface area contributed by atoms with Gasteiger partial charge in [0.05, 0.1) is 13.1 Å². The molecule has 0 unspecified atom stereocenters. The van der Waals surface area contributed by atoms with Crippen LogP contribution in [-0.4, -0.2) is 27.9 Å². The highest BCUT2D eigenvalue weighted by atomic mass is 79.9. The maximum atomic E-state index is 5.70. The van der Waals surface area contributed by atoms with Crippen molar-refractivity contribution in [3.05, 3.63) is 40.9 Å². The maximum absolute atomic E-state index is 5.70. The van der Waals surface area contributed by atoms with Crippen molar-refractivity contribution in [1.82, 2.24) is 20.1 Å². The monoisotopic (exact) mass is 338 g/mol. The first-order valence-corrected chi connectivity index (χ1v) is 7.54. The van der Waals surface area contributed by atoms with E-state index < -0.39 is 0 Å². The van der Waals surface area contributed by atoms with Crippen LogP contribution in [0.25, 0.3) is 0 Å². The second kappa shape index (κ2) is 8.01. The molecule has 1 heterocycles. The van der Waals surface area contributed by atoms with Gasteiger partial charge in [0.25, 0.3) is 0 Å². The smallest absolute Gasteiger partial charge is 0.140 e. The van der Waals surface area contributed by atoms with E-state index in [1.54, 1.807) is 6.33 Å². The normalized spacial score (nSPS) is 10.7. The first-order chi connectivity index (χ1) is 9.79. The number of aromatic nitrogens is 3. The van der Waals surface area contributed by atoms with Gasteiger partial charge in [-0.15, -0.1) is 0 Å². The van der Waals surface area contributed by atoms with Crippen LogP contribution in [-0.2, 0) is 13.1 Å². The molecule has 0 saturated heterocycles. The molecule has 20 heavy (non-hydrogen) atoms. The van der Waals surface area contributed by atoms with Crippen molar-refractivity contribution >= 4 is 15.9 Å². The molecular weight excluding hydrogens is 320 g/mol. The van der Waals surface area contributed by atoms with Gasteiger partial charge >= 0.3 is 0 Å². The molecule has 0 aliphatic heterocycles. The van der Waals surface area contributed by atoms with Gasteiger partial charge < -0.3 is 10.1 Å². The lowest BCUT2D eigenvalue weighted by Crippen LogP contribution is -2.20. The minimum Gasteiger partial charge on any atom is -0.492 e. The standard InChI is InChI=1S/C14H19BrN4O/c1-2-6-16-10-14-17-11-18-19(14)7-8-20-13-5-3-4-12(15)9-13/h3-5,9,11,16H,2,6-8,10H2,1H3. The van der Waals surface area contributed by atoms with Gasteiger partial charge in [-0.25, -0.2) is 9.67 Å². The molecule has 0 aliphatic carbocycles. The van der Waals surface area contributed by atoms with Gasteiger partial charge in [-0.2, -0.15) is 5.10 Å². The number of nitrogens with one attached hydrogen (secondary N) is 1. The van der Waals surface area contributed by atoms with Gasteiger partial charge in [0.15, 0.2) is 0 Å². The minimum absolute atomic E-state index is 0.570. The summed E-state index contributed by atoms with van der Waals surface area (Å²) < 4.78 is 8.59. The number of halogens is 1. The fraction of sp³-hybridized carbons (Fsp3) is 0.429. The highest BCUT2D eigenvalue weighted by Gasteiger charge is 2.04. The van der Waals surface area contributed by atoms with E-state index in [9.17, 15) is 0 Å². The van der Waals surface area contributed by atoms with Gasteiger partial charge in [-0.3, -0.25) is 0 Å². The van der Waals surface area contributed by atoms with Crippen molar-refractivity contribution in [3.63, 3.8) is 0 Å². The number of rotatable bonds is 8. The minimum atomic E-state index is 0.570. The number of nitrogens with zero attached hydrogens (tertiary/aromatic N) is 3. The van der Waals surface area contributed by atoms with Gasteiger partial charge in [-0.1, -0.05) is 28.9 Å². The van der Waals surface area contributed by atoms with E-state index in [1.807, 2.05) is 28.9 Å². The van der Waals surface area contributed by atoms with Crippen LogP contribution in [0, 0.1) is 0 Å². The Bertz CT molecular complexity index is 529. The molecule has 0 fully saturated rings. The molecule has 0 saturated carbocycles. The molecule has 0 amide bonds. The van der Waals surface area contributed by atoms with Crippen LogP contribution in [0.2, 0.25) is 0 Å². The van der Waals surface area contributed by atoms with Crippen LogP contribution in [0.1, 0.15) is 19.2 Å². The fourth-order valence-corrected chi connectivity index (χ4v) is 2.17. The van der Waals surface area contributed by atoms with E-state index in [0.29, 0.717) is 13.2 Å². The second-order valence-corrected chi connectivity index (χ2v) is 5.30. The maximum Gasteiger partial charge on any atom is 0.140 e. The SMILES string of the molecule is CCCNCc1ncnn1CCOc1cccc(Br)c1. The molecule has 108 valence electrons. The summed E-state index contributed by atoms with van der Waals surface area (Å²) in [6.45, 7) is 5.13. The summed E-state index contributed by atoms with van der Waals surface area (Å²) in [5.74, 6) is 1.79. The van der Waals surface area contributed by atoms with Crippen LogP contribution in [0.5, 0.6) is 5.75 Å². The summed E-state index contributed by atoms with van der Waals surface area (Å²) in [6, 6.07) is 7.82. The first kappa shape index (κ1) is 15.0. The molecule has 2 aromatic rings. The largest absolute Gasteiger partial charge is 0.492 e. The zero-order chi connectivity index (χ0) is 14.2. The Labute approximate surface area is 127 Å². The van der Waals surface area contributed by atoms with Crippen molar-refractivity contribution in [1.29, 1.82) is 0 Å². The molecule has 1 N–H and O–H groups in total. The molecule has 6 heteroatoms. The Morgan fingerprint density at radius 1 is 1.40 bits per heavy atom. The van der Waals surface area contributed by atoms with Crippen LogP contribution in [0.3, 0.4) is 0 Å².